The van der Waals surface area contributed by atoms with Crippen LogP contribution in [0.15, 0.2) is 48.5 Å². The molecule has 0 heterocycles. The molecule has 2 aromatic carbocycles. The minimum Gasteiger partial charge on any atom is -0.0590 e. The van der Waals surface area contributed by atoms with Gasteiger partial charge in [0.1, 0.15) is 0 Å². The van der Waals surface area contributed by atoms with Gasteiger partial charge in [0, 0.05) is 0 Å². The number of fused-ring (bicyclic) bond motifs is 5. The summed E-state index contributed by atoms with van der Waals surface area (Å²) in [6.07, 6.45) is 5.86. The highest BCUT2D eigenvalue weighted by molar-refractivity contribution is 5.30. The van der Waals surface area contributed by atoms with Gasteiger partial charge in [0.2, 0.25) is 0 Å². The summed E-state index contributed by atoms with van der Waals surface area (Å²) in [7, 11) is 0. The van der Waals surface area contributed by atoms with E-state index >= 15 is 0 Å². The predicted octanol–water partition coefficient (Wildman–Crippen LogP) is 6.24. The predicted molar refractivity (Wildman–Crippen MR) is 100 cm³/mol. The minimum atomic E-state index is 0.822. The summed E-state index contributed by atoms with van der Waals surface area (Å²) >= 11 is 0. The molecule has 0 aromatic heterocycles. The lowest BCUT2D eigenvalue weighted by atomic mass is 9.73. The first-order chi connectivity index (χ1) is 11.7. The summed E-state index contributed by atoms with van der Waals surface area (Å²) in [6.45, 7) is 4.39. The van der Waals surface area contributed by atoms with E-state index in [-0.39, 0.29) is 0 Å². The summed E-state index contributed by atoms with van der Waals surface area (Å²) < 4.78 is 0. The van der Waals surface area contributed by atoms with Crippen molar-refractivity contribution in [3.63, 3.8) is 0 Å². The SMILES string of the molecule is Cc1ccc(C2CC3C4CC(c5ccc(C)cc5)C(C4)C3C2)cc1. The smallest absolute Gasteiger partial charge is 0.0128 e. The Bertz CT molecular complexity index is 724. The molecule has 0 spiro atoms. The van der Waals surface area contributed by atoms with Crippen molar-refractivity contribution in [3.8, 4) is 0 Å². The molecule has 3 saturated carbocycles. The highest BCUT2D eigenvalue weighted by Crippen LogP contribution is 2.65. The van der Waals surface area contributed by atoms with Gasteiger partial charge in [-0.3, -0.25) is 0 Å². The monoisotopic (exact) mass is 316 g/mol. The Morgan fingerprint density at radius 3 is 1.83 bits per heavy atom. The molecule has 0 radical (unpaired) electrons. The molecule has 6 unspecified atom stereocenters. The van der Waals surface area contributed by atoms with E-state index in [0.717, 1.165) is 35.5 Å². The van der Waals surface area contributed by atoms with Crippen molar-refractivity contribution in [2.45, 2.75) is 51.4 Å². The van der Waals surface area contributed by atoms with Crippen LogP contribution in [0.1, 0.15) is 59.8 Å². The summed E-state index contributed by atoms with van der Waals surface area (Å²) in [6, 6.07) is 18.8. The van der Waals surface area contributed by atoms with E-state index in [2.05, 4.69) is 62.4 Å². The fourth-order valence-corrected chi connectivity index (χ4v) is 6.38. The third kappa shape index (κ3) is 2.26. The van der Waals surface area contributed by atoms with E-state index in [1.165, 1.54) is 36.8 Å². The molecule has 0 amide bonds. The quantitative estimate of drug-likeness (QED) is 0.615. The first kappa shape index (κ1) is 14.8. The van der Waals surface area contributed by atoms with Crippen LogP contribution in [0.25, 0.3) is 0 Å². The zero-order chi connectivity index (χ0) is 16.3. The van der Waals surface area contributed by atoms with Gasteiger partial charge < -0.3 is 0 Å². The molecule has 24 heavy (non-hydrogen) atoms. The Hall–Kier alpha value is -1.56. The van der Waals surface area contributed by atoms with Gasteiger partial charge in [-0.25, -0.2) is 0 Å². The Kier molecular flexibility index (Phi) is 3.37. The Balaban J connectivity index is 1.37. The van der Waals surface area contributed by atoms with Crippen LogP contribution in [-0.4, -0.2) is 0 Å². The number of benzene rings is 2. The van der Waals surface area contributed by atoms with Crippen molar-refractivity contribution in [1.82, 2.24) is 0 Å². The molecule has 3 fully saturated rings. The second kappa shape index (κ2) is 5.48. The van der Waals surface area contributed by atoms with Crippen LogP contribution in [0.3, 0.4) is 0 Å². The lowest BCUT2D eigenvalue weighted by Crippen LogP contribution is -2.23. The summed E-state index contributed by atoms with van der Waals surface area (Å²) in [5.41, 5.74) is 5.99. The van der Waals surface area contributed by atoms with Crippen LogP contribution in [-0.2, 0) is 0 Å². The van der Waals surface area contributed by atoms with E-state index < -0.39 is 0 Å². The second-order valence-corrected chi connectivity index (χ2v) is 8.82. The molecule has 2 bridgehead atoms. The highest BCUT2D eigenvalue weighted by Gasteiger charge is 2.56. The molecule has 2 aromatic rings. The van der Waals surface area contributed by atoms with Crippen LogP contribution in [0.4, 0.5) is 0 Å². The van der Waals surface area contributed by atoms with Crippen LogP contribution < -0.4 is 0 Å². The second-order valence-electron chi connectivity index (χ2n) is 8.82. The Labute approximate surface area is 146 Å². The van der Waals surface area contributed by atoms with Gasteiger partial charge in [-0.1, -0.05) is 59.7 Å². The van der Waals surface area contributed by atoms with E-state index in [4.69, 9.17) is 0 Å². The van der Waals surface area contributed by atoms with Crippen molar-refractivity contribution in [1.29, 1.82) is 0 Å². The van der Waals surface area contributed by atoms with Crippen LogP contribution in [0.2, 0.25) is 0 Å². The number of hydrogen-bond donors (Lipinski definition) is 0. The molecule has 3 aliphatic rings. The van der Waals surface area contributed by atoms with Gasteiger partial charge in [-0.15, -0.1) is 0 Å². The van der Waals surface area contributed by atoms with E-state index in [1.54, 1.807) is 11.1 Å². The van der Waals surface area contributed by atoms with Gasteiger partial charge in [0.15, 0.2) is 0 Å². The molecule has 124 valence electrons. The lowest BCUT2D eigenvalue weighted by Gasteiger charge is -2.31. The molecular formula is C24H28. The van der Waals surface area contributed by atoms with Gasteiger partial charge in [0.05, 0.1) is 0 Å². The van der Waals surface area contributed by atoms with Crippen molar-refractivity contribution < 1.29 is 0 Å². The maximum absolute atomic E-state index is 2.40. The van der Waals surface area contributed by atoms with Crippen LogP contribution in [0, 0.1) is 37.5 Å². The summed E-state index contributed by atoms with van der Waals surface area (Å²) in [4.78, 5) is 0. The third-order valence-electron chi connectivity index (χ3n) is 7.52. The van der Waals surface area contributed by atoms with E-state index in [1.807, 2.05) is 0 Å². The third-order valence-corrected chi connectivity index (χ3v) is 7.52. The van der Waals surface area contributed by atoms with Crippen LogP contribution >= 0.6 is 0 Å². The van der Waals surface area contributed by atoms with E-state index in [9.17, 15) is 0 Å². The standard InChI is InChI=1S/C24H28/c1-15-3-7-17(8-4-15)19-11-22-20-13-21(24(14-20)23(22)12-19)18-9-5-16(2)6-10-18/h3-10,19-24H,11-14H2,1-2H3. The maximum atomic E-state index is 2.40. The molecule has 5 rings (SSSR count). The van der Waals surface area contributed by atoms with Crippen LogP contribution in [0.5, 0.6) is 0 Å². The van der Waals surface area contributed by atoms with Crippen molar-refractivity contribution in [3.05, 3.63) is 70.8 Å². The molecule has 0 N–H and O–H groups in total. The molecule has 0 nitrogen and oxygen atoms in total. The number of hydrogen-bond acceptors (Lipinski definition) is 0. The molecule has 0 heteroatoms. The Morgan fingerprint density at radius 2 is 1.17 bits per heavy atom. The largest absolute Gasteiger partial charge is 0.0590 e. The zero-order valence-corrected chi connectivity index (χ0v) is 14.9. The molecule has 0 aliphatic heterocycles. The van der Waals surface area contributed by atoms with Crippen molar-refractivity contribution in [2.24, 2.45) is 23.7 Å². The molecule has 6 atom stereocenters. The van der Waals surface area contributed by atoms with Gasteiger partial charge in [-0.05, 0) is 86.2 Å². The number of aryl methyl sites for hydroxylation is 2. The lowest BCUT2D eigenvalue weighted by molar-refractivity contribution is 0.232. The first-order valence-corrected chi connectivity index (χ1v) is 9.82. The fraction of sp³-hybridized carbons (Fsp3) is 0.500. The maximum Gasteiger partial charge on any atom is -0.0128 e. The first-order valence-electron chi connectivity index (χ1n) is 9.82. The molecular weight excluding hydrogens is 288 g/mol. The molecule has 3 aliphatic carbocycles. The molecule has 0 saturated heterocycles. The topological polar surface area (TPSA) is 0 Å². The van der Waals surface area contributed by atoms with Crippen molar-refractivity contribution >= 4 is 0 Å². The Morgan fingerprint density at radius 1 is 0.583 bits per heavy atom. The van der Waals surface area contributed by atoms with E-state index in [0.29, 0.717) is 0 Å². The average molecular weight is 316 g/mol. The summed E-state index contributed by atoms with van der Waals surface area (Å²) in [5, 5.41) is 0. The number of rotatable bonds is 2. The highest BCUT2D eigenvalue weighted by atomic mass is 14.6. The van der Waals surface area contributed by atoms with Gasteiger partial charge in [0.25, 0.3) is 0 Å². The normalized spacial score (nSPS) is 36.9. The average Bonchev–Trinajstić information content (AvgIpc) is 3.27. The summed E-state index contributed by atoms with van der Waals surface area (Å²) in [5.74, 6) is 5.63. The fourth-order valence-electron chi connectivity index (χ4n) is 6.38. The van der Waals surface area contributed by atoms with Gasteiger partial charge in [-0.2, -0.15) is 0 Å². The van der Waals surface area contributed by atoms with Gasteiger partial charge >= 0.3 is 0 Å². The zero-order valence-electron chi connectivity index (χ0n) is 14.9. The minimum absolute atomic E-state index is 0.822. The van der Waals surface area contributed by atoms with Crippen molar-refractivity contribution in [2.75, 3.05) is 0 Å².